The molecule has 106 valence electrons. The van der Waals surface area contributed by atoms with E-state index >= 15 is 0 Å². The van der Waals surface area contributed by atoms with Gasteiger partial charge in [0.1, 0.15) is 0 Å². The molecule has 0 aromatic heterocycles. The van der Waals surface area contributed by atoms with Crippen LogP contribution in [-0.4, -0.2) is 32.3 Å². The van der Waals surface area contributed by atoms with E-state index in [-0.39, 0.29) is 5.60 Å². The van der Waals surface area contributed by atoms with Crippen molar-refractivity contribution in [3.63, 3.8) is 0 Å². The van der Waals surface area contributed by atoms with Gasteiger partial charge in [0.15, 0.2) is 0 Å². The maximum absolute atomic E-state index is 5.65. The molecule has 1 saturated heterocycles. The Hall–Kier alpha value is -0.580. The number of hydrogen-bond donors (Lipinski definition) is 1. The largest absolute Gasteiger partial charge is 0.377 e. The van der Waals surface area contributed by atoms with Gasteiger partial charge in [-0.2, -0.15) is 0 Å². The second-order valence-corrected chi connectivity index (χ2v) is 6.35. The maximum Gasteiger partial charge on any atom is 0.0825 e. The van der Waals surface area contributed by atoms with Gasteiger partial charge in [0.2, 0.25) is 0 Å². The molecule has 4 heteroatoms. The Balaban J connectivity index is 2.15. The fourth-order valence-electron chi connectivity index (χ4n) is 2.68. The zero-order valence-electron chi connectivity index (χ0n) is 11.8. The van der Waals surface area contributed by atoms with E-state index in [2.05, 4.69) is 46.0 Å². The number of rotatable bonds is 4. The first-order valence-electron chi connectivity index (χ1n) is 6.86. The van der Waals surface area contributed by atoms with Gasteiger partial charge in [-0.25, -0.2) is 0 Å². The quantitative estimate of drug-likeness (QED) is 0.924. The van der Waals surface area contributed by atoms with Crippen molar-refractivity contribution < 1.29 is 4.74 Å². The molecule has 1 heterocycles. The minimum atomic E-state index is -0.0271. The van der Waals surface area contributed by atoms with E-state index in [4.69, 9.17) is 10.5 Å². The van der Waals surface area contributed by atoms with Crippen LogP contribution < -0.4 is 10.6 Å². The lowest BCUT2D eigenvalue weighted by molar-refractivity contribution is -0.00465. The van der Waals surface area contributed by atoms with Crippen LogP contribution in [0.15, 0.2) is 22.7 Å². The first kappa shape index (κ1) is 14.8. The zero-order valence-corrected chi connectivity index (χ0v) is 13.4. The van der Waals surface area contributed by atoms with E-state index in [1.807, 2.05) is 7.11 Å². The van der Waals surface area contributed by atoms with Crippen molar-refractivity contribution >= 4 is 21.6 Å². The van der Waals surface area contributed by atoms with Gasteiger partial charge in [0, 0.05) is 30.4 Å². The number of nitrogens with zero attached hydrogens (tertiary/aromatic N) is 1. The van der Waals surface area contributed by atoms with Crippen molar-refractivity contribution in [1.29, 1.82) is 0 Å². The summed E-state index contributed by atoms with van der Waals surface area (Å²) in [4.78, 5) is 2.41. The first-order chi connectivity index (χ1) is 9.08. The third kappa shape index (κ3) is 3.50. The second kappa shape index (κ2) is 6.25. The topological polar surface area (TPSA) is 38.5 Å². The van der Waals surface area contributed by atoms with E-state index in [1.54, 1.807) is 0 Å². The summed E-state index contributed by atoms with van der Waals surface area (Å²) >= 11 is 3.65. The summed E-state index contributed by atoms with van der Waals surface area (Å²) < 4.78 is 6.81. The summed E-state index contributed by atoms with van der Waals surface area (Å²) in [6.45, 7) is 4.92. The number of piperidine rings is 1. The van der Waals surface area contributed by atoms with Crippen molar-refractivity contribution in [3.05, 3.63) is 28.2 Å². The van der Waals surface area contributed by atoms with Crippen LogP contribution in [-0.2, 0) is 11.2 Å². The molecule has 1 fully saturated rings. The van der Waals surface area contributed by atoms with Crippen LogP contribution in [0.25, 0.3) is 0 Å². The van der Waals surface area contributed by atoms with Gasteiger partial charge in [0.05, 0.1) is 5.60 Å². The van der Waals surface area contributed by atoms with Gasteiger partial charge in [-0.15, -0.1) is 0 Å². The summed E-state index contributed by atoms with van der Waals surface area (Å²) in [6, 6.07) is 6.56. The van der Waals surface area contributed by atoms with Crippen molar-refractivity contribution in [3.8, 4) is 0 Å². The molecule has 0 saturated carbocycles. The number of hydrogen-bond acceptors (Lipinski definition) is 3. The fourth-order valence-corrected chi connectivity index (χ4v) is 3.25. The minimum Gasteiger partial charge on any atom is -0.377 e. The fraction of sp³-hybridized carbons (Fsp3) is 0.600. The summed E-state index contributed by atoms with van der Waals surface area (Å²) in [5.74, 6) is 0. The van der Waals surface area contributed by atoms with Gasteiger partial charge < -0.3 is 15.4 Å². The van der Waals surface area contributed by atoms with E-state index in [9.17, 15) is 0 Å². The number of methoxy groups -OCH3 is 1. The van der Waals surface area contributed by atoms with Crippen molar-refractivity contribution in [2.24, 2.45) is 5.73 Å². The third-order valence-electron chi connectivity index (χ3n) is 3.97. The predicted molar refractivity (Wildman–Crippen MR) is 83.8 cm³/mol. The van der Waals surface area contributed by atoms with E-state index in [0.29, 0.717) is 6.54 Å². The third-order valence-corrected chi connectivity index (χ3v) is 4.71. The van der Waals surface area contributed by atoms with Crippen LogP contribution in [0.4, 0.5) is 5.69 Å². The van der Waals surface area contributed by atoms with Gasteiger partial charge in [-0.1, -0.05) is 22.0 Å². The summed E-state index contributed by atoms with van der Waals surface area (Å²) in [7, 11) is 1.81. The molecule has 0 aliphatic carbocycles. The molecule has 0 amide bonds. The summed E-state index contributed by atoms with van der Waals surface area (Å²) in [5, 5.41) is 0. The molecule has 3 nitrogen and oxygen atoms in total. The van der Waals surface area contributed by atoms with E-state index in [1.165, 1.54) is 17.7 Å². The van der Waals surface area contributed by atoms with Crippen molar-refractivity contribution in [1.82, 2.24) is 0 Å². The Morgan fingerprint density at radius 1 is 1.47 bits per heavy atom. The Labute approximate surface area is 124 Å². The van der Waals surface area contributed by atoms with Crippen LogP contribution in [0.3, 0.4) is 0 Å². The number of nitrogens with two attached hydrogens (primary N) is 1. The highest BCUT2D eigenvalue weighted by Crippen LogP contribution is 2.30. The van der Waals surface area contributed by atoms with Gasteiger partial charge in [-0.05, 0) is 50.4 Å². The molecule has 1 atom stereocenters. The molecule has 0 spiro atoms. The van der Waals surface area contributed by atoms with Gasteiger partial charge in [0.25, 0.3) is 0 Å². The first-order valence-corrected chi connectivity index (χ1v) is 7.66. The number of anilines is 1. The molecule has 1 aliphatic heterocycles. The average Bonchev–Trinajstić information content (AvgIpc) is 2.41. The number of benzene rings is 1. The minimum absolute atomic E-state index is 0.0271. The smallest absolute Gasteiger partial charge is 0.0825 e. The molecule has 1 unspecified atom stereocenters. The molecular weight excluding hydrogens is 304 g/mol. The van der Waals surface area contributed by atoms with Crippen LogP contribution in [0.5, 0.6) is 0 Å². The Morgan fingerprint density at radius 2 is 2.26 bits per heavy atom. The van der Waals surface area contributed by atoms with E-state index < -0.39 is 0 Å². The lowest BCUT2D eigenvalue weighted by Crippen LogP contribution is -2.47. The Morgan fingerprint density at radius 3 is 2.89 bits per heavy atom. The van der Waals surface area contributed by atoms with Gasteiger partial charge >= 0.3 is 0 Å². The van der Waals surface area contributed by atoms with Crippen LogP contribution in [0.1, 0.15) is 25.3 Å². The van der Waals surface area contributed by atoms with Crippen LogP contribution in [0.2, 0.25) is 0 Å². The normalized spacial score (nSPS) is 23.7. The molecule has 19 heavy (non-hydrogen) atoms. The molecule has 1 aliphatic rings. The van der Waals surface area contributed by atoms with Crippen LogP contribution in [0, 0.1) is 0 Å². The SMILES string of the molecule is COC1(C)CCCN(c2ccc(CCN)c(Br)c2)C1. The molecule has 1 aromatic carbocycles. The highest BCUT2D eigenvalue weighted by Gasteiger charge is 2.30. The molecule has 0 bridgehead atoms. The van der Waals surface area contributed by atoms with Crippen molar-refractivity contribution in [2.75, 3.05) is 31.6 Å². The molecule has 1 aromatic rings. The lowest BCUT2D eigenvalue weighted by atomic mass is 9.94. The number of ether oxygens (including phenoxy) is 1. The average molecular weight is 327 g/mol. The maximum atomic E-state index is 5.65. The molecule has 2 N–H and O–H groups in total. The van der Waals surface area contributed by atoms with Gasteiger partial charge in [-0.3, -0.25) is 0 Å². The Bertz CT molecular complexity index is 438. The second-order valence-electron chi connectivity index (χ2n) is 5.49. The lowest BCUT2D eigenvalue weighted by Gasteiger charge is -2.40. The van der Waals surface area contributed by atoms with E-state index in [0.717, 1.165) is 30.4 Å². The van der Waals surface area contributed by atoms with Crippen molar-refractivity contribution in [2.45, 2.75) is 31.8 Å². The highest BCUT2D eigenvalue weighted by atomic mass is 79.9. The summed E-state index contributed by atoms with van der Waals surface area (Å²) in [5.41, 5.74) is 8.12. The Kier molecular flexibility index (Phi) is 4.87. The zero-order chi connectivity index (χ0) is 13.9. The van der Waals surface area contributed by atoms with Crippen LogP contribution >= 0.6 is 15.9 Å². The monoisotopic (exact) mass is 326 g/mol. The number of halogens is 1. The molecule has 2 rings (SSSR count). The summed E-state index contributed by atoms with van der Waals surface area (Å²) in [6.07, 6.45) is 3.22. The standard InChI is InChI=1S/C15H23BrN2O/c1-15(19-2)7-3-9-18(11-15)13-5-4-12(6-8-17)14(16)10-13/h4-5,10H,3,6-9,11,17H2,1-2H3. The highest BCUT2D eigenvalue weighted by molar-refractivity contribution is 9.10. The molecule has 0 radical (unpaired) electrons. The predicted octanol–water partition coefficient (Wildman–Crippen LogP) is 2.96. The molecular formula is C15H23BrN2O.